The second-order valence-electron chi connectivity index (χ2n) is 4.47. The highest BCUT2D eigenvalue weighted by molar-refractivity contribution is 7.13. The Morgan fingerprint density at radius 2 is 2.32 bits per heavy atom. The van der Waals surface area contributed by atoms with E-state index < -0.39 is 0 Å². The van der Waals surface area contributed by atoms with Crippen molar-refractivity contribution in [3.05, 3.63) is 41.4 Å². The second-order valence-corrected chi connectivity index (χ2v) is 5.37. The van der Waals surface area contributed by atoms with E-state index in [1.807, 2.05) is 29.6 Å². The van der Waals surface area contributed by atoms with E-state index in [2.05, 4.69) is 10.3 Å². The van der Waals surface area contributed by atoms with Gasteiger partial charge >= 0.3 is 0 Å². The molecule has 98 valence electrons. The van der Waals surface area contributed by atoms with Crippen LogP contribution in [0.5, 0.6) is 5.75 Å². The van der Waals surface area contributed by atoms with E-state index in [9.17, 15) is 4.79 Å². The molecule has 1 N–H and O–H groups in total. The third kappa shape index (κ3) is 2.76. The Kier molecular flexibility index (Phi) is 3.46. The van der Waals surface area contributed by atoms with E-state index in [0.29, 0.717) is 18.2 Å². The van der Waals surface area contributed by atoms with Crippen LogP contribution in [0, 0.1) is 5.92 Å². The third-order valence-electron chi connectivity index (χ3n) is 3.20. The van der Waals surface area contributed by atoms with Crippen molar-refractivity contribution in [3.63, 3.8) is 0 Å². The molecule has 19 heavy (non-hydrogen) atoms. The molecule has 2 aromatic rings. The molecular weight excluding hydrogens is 260 g/mol. The predicted octanol–water partition coefficient (Wildman–Crippen LogP) is 2.72. The standard InChI is InChI=1S/C14H14N2O2S/c17-13(16-14-15-6-8-19-14)11-5-7-18-12-4-2-1-3-10(12)9-11/h1-4,6,8,11H,5,7,9H2,(H,15,16,17). The highest BCUT2D eigenvalue weighted by Gasteiger charge is 2.24. The minimum absolute atomic E-state index is 0.0234. The predicted molar refractivity (Wildman–Crippen MR) is 74.5 cm³/mol. The van der Waals surface area contributed by atoms with E-state index >= 15 is 0 Å². The summed E-state index contributed by atoms with van der Waals surface area (Å²) in [5, 5.41) is 5.37. The summed E-state index contributed by atoms with van der Waals surface area (Å²) in [6.07, 6.45) is 3.13. The second kappa shape index (κ2) is 5.40. The van der Waals surface area contributed by atoms with Crippen LogP contribution in [0.1, 0.15) is 12.0 Å². The summed E-state index contributed by atoms with van der Waals surface area (Å²) in [5.41, 5.74) is 1.10. The number of hydrogen-bond acceptors (Lipinski definition) is 4. The maximum Gasteiger partial charge on any atom is 0.229 e. The summed E-state index contributed by atoms with van der Waals surface area (Å²) < 4.78 is 5.67. The fraction of sp³-hybridized carbons (Fsp3) is 0.286. The number of rotatable bonds is 2. The third-order valence-corrected chi connectivity index (χ3v) is 3.88. The fourth-order valence-corrected chi connectivity index (χ4v) is 2.74. The molecule has 1 atom stereocenters. The molecule has 1 aliphatic rings. The maximum atomic E-state index is 12.2. The number of anilines is 1. The Bertz CT molecular complexity index is 569. The van der Waals surface area contributed by atoms with Gasteiger partial charge in [-0.05, 0) is 24.5 Å². The Morgan fingerprint density at radius 1 is 1.42 bits per heavy atom. The van der Waals surface area contributed by atoms with Gasteiger partial charge in [0.05, 0.1) is 6.61 Å². The summed E-state index contributed by atoms with van der Waals surface area (Å²) in [6.45, 7) is 0.576. The summed E-state index contributed by atoms with van der Waals surface area (Å²) in [6, 6.07) is 7.90. The minimum atomic E-state index is -0.0625. The zero-order valence-electron chi connectivity index (χ0n) is 10.3. The number of ether oxygens (including phenoxy) is 1. The molecule has 0 saturated carbocycles. The molecule has 1 unspecified atom stereocenters. The van der Waals surface area contributed by atoms with Crippen molar-refractivity contribution in [1.82, 2.24) is 4.98 Å². The van der Waals surface area contributed by atoms with Crippen LogP contribution in [-0.2, 0) is 11.2 Å². The summed E-state index contributed by atoms with van der Waals surface area (Å²) in [7, 11) is 0. The van der Waals surface area contributed by atoms with Gasteiger partial charge in [0.2, 0.25) is 5.91 Å². The van der Waals surface area contributed by atoms with Crippen LogP contribution >= 0.6 is 11.3 Å². The molecule has 2 heterocycles. The number of nitrogens with zero attached hydrogens (tertiary/aromatic N) is 1. The smallest absolute Gasteiger partial charge is 0.229 e. The van der Waals surface area contributed by atoms with Gasteiger partial charge in [0.1, 0.15) is 5.75 Å². The van der Waals surface area contributed by atoms with Gasteiger partial charge in [-0.1, -0.05) is 18.2 Å². The lowest BCUT2D eigenvalue weighted by Gasteiger charge is -2.12. The van der Waals surface area contributed by atoms with Crippen LogP contribution in [0.4, 0.5) is 5.13 Å². The average molecular weight is 274 g/mol. The topological polar surface area (TPSA) is 51.2 Å². The van der Waals surface area contributed by atoms with Crippen molar-refractivity contribution in [2.45, 2.75) is 12.8 Å². The van der Waals surface area contributed by atoms with E-state index in [0.717, 1.165) is 17.7 Å². The van der Waals surface area contributed by atoms with Crippen molar-refractivity contribution in [2.75, 3.05) is 11.9 Å². The van der Waals surface area contributed by atoms with Crippen molar-refractivity contribution in [2.24, 2.45) is 5.92 Å². The normalized spacial score (nSPS) is 18.0. The molecular formula is C14H14N2O2S. The first kappa shape index (κ1) is 12.2. The lowest BCUT2D eigenvalue weighted by Crippen LogP contribution is -2.25. The van der Waals surface area contributed by atoms with Crippen LogP contribution in [0.2, 0.25) is 0 Å². The van der Waals surface area contributed by atoms with Crippen LogP contribution in [0.15, 0.2) is 35.8 Å². The first-order valence-corrected chi connectivity index (χ1v) is 7.12. The maximum absolute atomic E-state index is 12.2. The zero-order chi connectivity index (χ0) is 13.1. The highest BCUT2D eigenvalue weighted by Crippen LogP contribution is 2.27. The molecule has 4 nitrogen and oxygen atoms in total. The molecule has 0 fully saturated rings. The minimum Gasteiger partial charge on any atom is -0.493 e. The van der Waals surface area contributed by atoms with Gasteiger partial charge in [-0.15, -0.1) is 11.3 Å². The van der Waals surface area contributed by atoms with Crippen molar-refractivity contribution in [3.8, 4) is 5.75 Å². The number of aromatic nitrogens is 1. The molecule has 0 aliphatic carbocycles. The first-order chi connectivity index (χ1) is 9.33. The molecule has 0 spiro atoms. The molecule has 1 aromatic heterocycles. The Hall–Kier alpha value is -1.88. The van der Waals surface area contributed by atoms with Crippen LogP contribution in [-0.4, -0.2) is 17.5 Å². The van der Waals surface area contributed by atoms with Crippen LogP contribution < -0.4 is 10.1 Å². The highest BCUT2D eigenvalue weighted by atomic mass is 32.1. The number of thiazole rings is 1. The van der Waals surface area contributed by atoms with Gasteiger partial charge in [0.25, 0.3) is 0 Å². The summed E-state index contributed by atoms with van der Waals surface area (Å²) in [4.78, 5) is 16.3. The van der Waals surface area contributed by atoms with E-state index in [4.69, 9.17) is 4.74 Å². The van der Waals surface area contributed by atoms with Crippen molar-refractivity contribution < 1.29 is 9.53 Å². The molecule has 1 aromatic carbocycles. The summed E-state index contributed by atoms with van der Waals surface area (Å²) >= 11 is 1.43. The number of carbonyl (C=O) groups excluding carboxylic acids is 1. The van der Waals surface area contributed by atoms with Crippen molar-refractivity contribution in [1.29, 1.82) is 0 Å². The molecule has 1 aliphatic heterocycles. The van der Waals surface area contributed by atoms with Gasteiger partial charge in [0, 0.05) is 17.5 Å². The molecule has 0 bridgehead atoms. The number of para-hydroxylation sites is 1. The summed E-state index contributed by atoms with van der Waals surface area (Å²) in [5.74, 6) is 0.856. The SMILES string of the molecule is O=C(Nc1nccs1)C1CCOc2ccccc2C1. The van der Waals surface area contributed by atoms with E-state index in [1.54, 1.807) is 6.20 Å². The Labute approximate surface area is 115 Å². The zero-order valence-corrected chi connectivity index (χ0v) is 11.2. The number of benzene rings is 1. The van der Waals surface area contributed by atoms with E-state index in [1.165, 1.54) is 11.3 Å². The molecule has 1 amide bonds. The largest absolute Gasteiger partial charge is 0.493 e. The molecule has 0 saturated heterocycles. The van der Waals surface area contributed by atoms with Crippen LogP contribution in [0.3, 0.4) is 0 Å². The van der Waals surface area contributed by atoms with E-state index in [-0.39, 0.29) is 11.8 Å². The average Bonchev–Trinajstić information content (AvgIpc) is 2.82. The Morgan fingerprint density at radius 3 is 3.16 bits per heavy atom. The molecule has 5 heteroatoms. The lowest BCUT2D eigenvalue weighted by atomic mass is 9.96. The number of fused-ring (bicyclic) bond motifs is 1. The van der Waals surface area contributed by atoms with Gasteiger partial charge in [-0.25, -0.2) is 4.98 Å². The van der Waals surface area contributed by atoms with Crippen molar-refractivity contribution >= 4 is 22.4 Å². The van der Waals surface area contributed by atoms with Gasteiger partial charge in [-0.2, -0.15) is 0 Å². The number of hydrogen-bond donors (Lipinski definition) is 1. The molecule has 3 rings (SSSR count). The number of carbonyl (C=O) groups is 1. The monoisotopic (exact) mass is 274 g/mol. The molecule has 0 radical (unpaired) electrons. The Balaban J connectivity index is 1.73. The van der Waals surface area contributed by atoms with Gasteiger partial charge in [-0.3, -0.25) is 4.79 Å². The number of nitrogens with one attached hydrogen (secondary N) is 1. The van der Waals surface area contributed by atoms with Gasteiger partial charge < -0.3 is 10.1 Å². The number of amides is 1. The quantitative estimate of drug-likeness (QED) is 0.916. The fourth-order valence-electron chi connectivity index (χ4n) is 2.21. The lowest BCUT2D eigenvalue weighted by molar-refractivity contribution is -0.120. The van der Waals surface area contributed by atoms with Gasteiger partial charge in [0.15, 0.2) is 5.13 Å². The first-order valence-electron chi connectivity index (χ1n) is 6.24. The van der Waals surface area contributed by atoms with Crippen LogP contribution in [0.25, 0.3) is 0 Å².